The summed E-state index contributed by atoms with van der Waals surface area (Å²) in [5, 5.41) is 0. The molecule has 0 aliphatic heterocycles. The van der Waals surface area contributed by atoms with Crippen LogP contribution >= 0.6 is 0 Å². The van der Waals surface area contributed by atoms with E-state index in [0.717, 1.165) is 18.6 Å². The van der Waals surface area contributed by atoms with Crippen molar-refractivity contribution in [2.45, 2.75) is 33.6 Å². The zero-order chi connectivity index (χ0) is 7.98. The summed E-state index contributed by atoms with van der Waals surface area (Å²) in [6, 6.07) is 0. The van der Waals surface area contributed by atoms with Crippen LogP contribution in [0.1, 0.15) is 33.6 Å². The molecule has 0 aliphatic carbocycles. The van der Waals surface area contributed by atoms with Crippen molar-refractivity contribution in [1.29, 1.82) is 0 Å². The highest BCUT2D eigenvalue weighted by Gasteiger charge is 1.87. The van der Waals surface area contributed by atoms with Crippen molar-refractivity contribution in [2.24, 2.45) is 0 Å². The summed E-state index contributed by atoms with van der Waals surface area (Å²) in [7, 11) is 0. The van der Waals surface area contributed by atoms with Crippen LogP contribution < -0.4 is 0 Å². The SMILES string of the molecule is C=C(CC)O/C=C(\C)CC. The molecule has 0 aliphatic rings. The van der Waals surface area contributed by atoms with Gasteiger partial charge in [-0.2, -0.15) is 0 Å². The molecule has 0 unspecified atom stereocenters. The van der Waals surface area contributed by atoms with Crippen molar-refractivity contribution < 1.29 is 4.74 Å². The van der Waals surface area contributed by atoms with Gasteiger partial charge < -0.3 is 4.74 Å². The Morgan fingerprint density at radius 3 is 2.40 bits per heavy atom. The third kappa shape index (κ3) is 4.19. The normalized spacial score (nSPS) is 11.3. The minimum absolute atomic E-state index is 0.827. The molecular formula is C9H16O. The topological polar surface area (TPSA) is 9.23 Å². The van der Waals surface area contributed by atoms with Gasteiger partial charge >= 0.3 is 0 Å². The van der Waals surface area contributed by atoms with E-state index in [9.17, 15) is 0 Å². The van der Waals surface area contributed by atoms with Crippen molar-refractivity contribution >= 4 is 0 Å². The van der Waals surface area contributed by atoms with Gasteiger partial charge in [-0.05, 0) is 18.9 Å². The molecule has 0 radical (unpaired) electrons. The van der Waals surface area contributed by atoms with Gasteiger partial charge in [0, 0.05) is 6.42 Å². The number of allylic oxidation sites excluding steroid dienone is 2. The highest BCUT2D eigenvalue weighted by molar-refractivity contribution is 4.94. The Bertz CT molecular complexity index is 134. The molecule has 0 fully saturated rings. The molecule has 10 heavy (non-hydrogen) atoms. The summed E-state index contributed by atoms with van der Waals surface area (Å²) < 4.78 is 5.19. The van der Waals surface area contributed by atoms with E-state index in [1.807, 2.05) is 13.8 Å². The molecule has 0 N–H and O–H groups in total. The lowest BCUT2D eigenvalue weighted by molar-refractivity contribution is 0.335. The first-order valence-corrected chi connectivity index (χ1v) is 3.70. The molecule has 58 valence electrons. The largest absolute Gasteiger partial charge is 0.470 e. The zero-order valence-electron chi connectivity index (χ0n) is 7.11. The van der Waals surface area contributed by atoms with Crippen LogP contribution in [0.15, 0.2) is 24.2 Å². The van der Waals surface area contributed by atoms with Crippen molar-refractivity contribution in [3.8, 4) is 0 Å². The first kappa shape index (κ1) is 9.28. The van der Waals surface area contributed by atoms with Gasteiger partial charge in [0.1, 0.15) is 0 Å². The van der Waals surface area contributed by atoms with Crippen LogP contribution in [0.3, 0.4) is 0 Å². The average Bonchev–Trinajstić information content (AvgIpc) is 1.99. The molecular weight excluding hydrogens is 124 g/mol. The molecule has 0 saturated carbocycles. The third-order valence-corrected chi connectivity index (χ3v) is 1.38. The zero-order valence-corrected chi connectivity index (χ0v) is 7.11. The number of ether oxygens (including phenoxy) is 1. The summed E-state index contributed by atoms with van der Waals surface area (Å²) >= 11 is 0. The Hall–Kier alpha value is -0.720. The number of rotatable bonds is 4. The minimum atomic E-state index is 0.827. The molecule has 0 spiro atoms. The first-order valence-electron chi connectivity index (χ1n) is 3.70. The predicted octanol–water partition coefficient (Wildman–Crippen LogP) is 3.24. The van der Waals surface area contributed by atoms with Gasteiger partial charge in [0.2, 0.25) is 0 Å². The van der Waals surface area contributed by atoms with Crippen molar-refractivity contribution in [2.75, 3.05) is 0 Å². The molecule has 0 amide bonds. The Kier molecular flexibility index (Phi) is 4.73. The second kappa shape index (κ2) is 5.10. The maximum atomic E-state index is 5.19. The maximum absolute atomic E-state index is 5.19. The highest BCUT2D eigenvalue weighted by atomic mass is 16.5. The van der Waals surface area contributed by atoms with Crippen LogP contribution in [-0.2, 0) is 4.74 Å². The maximum Gasteiger partial charge on any atom is 0.0957 e. The van der Waals surface area contributed by atoms with Crippen molar-refractivity contribution in [3.63, 3.8) is 0 Å². The molecule has 0 atom stereocenters. The molecule has 0 heterocycles. The molecule has 0 aromatic heterocycles. The lowest BCUT2D eigenvalue weighted by Gasteiger charge is -2.01. The van der Waals surface area contributed by atoms with E-state index in [1.165, 1.54) is 5.57 Å². The van der Waals surface area contributed by atoms with Crippen molar-refractivity contribution in [3.05, 3.63) is 24.2 Å². The molecule has 0 bridgehead atoms. The minimum Gasteiger partial charge on any atom is -0.470 e. The van der Waals surface area contributed by atoms with Gasteiger partial charge in [-0.3, -0.25) is 0 Å². The smallest absolute Gasteiger partial charge is 0.0957 e. The van der Waals surface area contributed by atoms with Gasteiger partial charge in [-0.25, -0.2) is 0 Å². The van der Waals surface area contributed by atoms with E-state index in [0.29, 0.717) is 0 Å². The van der Waals surface area contributed by atoms with E-state index in [4.69, 9.17) is 4.74 Å². The van der Waals surface area contributed by atoms with Crippen LogP contribution in [0.25, 0.3) is 0 Å². The van der Waals surface area contributed by atoms with Gasteiger partial charge in [0.05, 0.1) is 12.0 Å². The summed E-state index contributed by atoms with van der Waals surface area (Å²) in [5.41, 5.74) is 1.25. The summed E-state index contributed by atoms with van der Waals surface area (Å²) in [6.07, 6.45) is 3.69. The lowest BCUT2D eigenvalue weighted by Crippen LogP contribution is -1.81. The monoisotopic (exact) mass is 140 g/mol. The van der Waals surface area contributed by atoms with Gasteiger partial charge in [-0.1, -0.05) is 20.4 Å². The number of hydrogen-bond donors (Lipinski definition) is 0. The molecule has 0 rings (SSSR count). The lowest BCUT2D eigenvalue weighted by atomic mass is 10.3. The summed E-state index contributed by atoms with van der Waals surface area (Å²) in [4.78, 5) is 0. The van der Waals surface area contributed by atoms with Gasteiger partial charge in [-0.15, -0.1) is 0 Å². The Balaban J connectivity index is 3.61. The van der Waals surface area contributed by atoms with Crippen LogP contribution in [-0.4, -0.2) is 0 Å². The third-order valence-electron chi connectivity index (χ3n) is 1.38. The fourth-order valence-corrected chi connectivity index (χ4v) is 0.351. The first-order chi connectivity index (χ1) is 4.70. The Labute approximate surface area is 63.4 Å². The number of hydrogen-bond acceptors (Lipinski definition) is 1. The average molecular weight is 140 g/mol. The van der Waals surface area contributed by atoms with Crippen LogP contribution in [0.4, 0.5) is 0 Å². The molecule has 1 heteroatoms. The Morgan fingerprint density at radius 2 is 2.00 bits per heavy atom. The fourth-order valence-electron chi connectivity index (χ4n) is 0.351. The van der Waals surface area contributed by atoms with E-state index >= 15 is 0 Å². The van der Waals surface area contributed by atoms with Gasteiger partial charge in [0.15, 0.2) is 0 Å². The van der Waals surface area contributed by atoms with E-state index in [-0.39, 0.29) is 0 Å². The van der Waals surface area contributed by atoms with Crippen molar-refractivity contribution in [1.82, 2.24) is 0 Å². The van der Waals surface area contributed by atoms with E-state index in [2.05, 4.69) is 13.5 Å². The van der Waals surface area contributed by atoms with Crippen LogP contribution in [0.2, 0.25) is 0 Å². The van der Waals surface area contributed by atoms with Gasteiger partial charge in [0.25, 0.3) is 0 Å². The van der Waals surface area contributed by atoms with E-state index in [1.54, 1.807) is 6.26 Å². The fraction of sp³-hybridized carbons (Fsp3) is 0.556. The molecule has 0 saturated heterocycles. The van der Waals surface area contributed by atoms with Crippen LogP contribution in [0.5, 0.6) is 0 Å². The summed E-state index contributed by atoms with van der Waals surface area (Å²) in [5.74, 6) is 0.827. The quantitative estimate of drug-likeness (QED) is 0.545. The van der Waals surface area contributed by atoms with E-state index < -0.39 is 0 Å². The Morgan fingerprint density at radius 1 is 1.40 bits per heavy atom. The highest BCUT2D eigenvalue weighted by Crippen LogP contribution is 2.04. The molecule has 1 nitrogen and oxygen atoms in total. The molecule has 0 aromatic carbocycles. The molecule has 0 aromatic rings. The summed E-state index contributed by atoms with van der Waals surface area (Å²) in [6.45, 7) is 9.88. The second-order valence-electron chi connectivity index (χ2n) is 2.33. The standard InChI is InChI=1S/C9H16O/c1-5-8(3)7-10-9(4)6-2/h7H,4-6H2,1-3H3/b8-7+. The van der Waals surface area contributed by atoms with Crippen LogP contribution in [0, 0.1) is 0 Å². The predicted molar refractivity (Wildman–Crippen MR) is 44.6 cm³/mol. The second-order valence-corrected chi connectivity index (χ2v) is 2.33.